The van der Waals surface area contributed by atoms with Crippen molar-refractivity contribution in [2.45, 2.75) is 184 Å². The van der Waals surface area contributed by atoms with E-state index in [0.717, 1.165) is 92.1 Å². The molecule has 4 atom stereocenters. The highest BCUT2D eigenvalue weighted by Crippen LogP contribution is 2.31. The number of para-hydroxylation sites is 8. The predicted molar refractivity (Wildman–Crippen MR) is 562 cm³/mol. The zero-order chi connectivity index (χ0) is 98.3. The molecule has 6 aromatic heterocycles. The van der Waals surface area contributed by atoms with E-state index >= 15 is 0 Å². The Morgan fingerprint density at radius 3 is 0.743 bits per heavy atom. The van der Waals surface area contributed by atoms with Gasteiger partial charge in [-0.2, -0.15) is 0 Å². The van der Waals surface area contributed by atoms with E-state index in [-0.39, 0.29) is 54.0 Å². The minimum atomic E-state index is -0.132. The van der Waals surface area contributed by atoms with Gasteiger partial charge in [0.2, 0.25) is 34.3 Å². The van der Waals surface area contributed by atoms with Crippen LogP contribution in [0.25, 0.3) is 44.1 Å². The number of nitrogens with one attached hydrogen (secondary N) is 6. The van der Waals surface area contributed by atoms with E-state index < -0.39 is 0 Å². The molecule has 0 aliphatic heterocycles. The van der Waals surface area contributed by atoms with Gasteiger partial charge in [0.25, 0.3) is 0 Å². The fourth-order valence-corrected chi connectivity index (χ4v) is 18.5. The molecule has 140 heavy (non-hydrogen) atoms. The molecule has 18 rings (SSSR count). The number of aryl methyl sites for hydroxylation is 8. The molecule has 2 amide bonds. The molecule has 0 saturated carbocycles. The molecule has 0 fully saturated rings. The average Bonchev–Trinajstić information content (AvgIpc) is 1.63. The molecule has 0 saturated heterocycles. The third-order valence-electron chi connectivity index (χ3n) is 26.3. The second kappa shape index (κ2) is 46.9. The first-order valence-corrected chi connectivity index (χ1v) is 48.5. The fourth-order valence-electron chi connectivity index (χ4n) is 18.5. The van der Waals surface area contributed by atoms with Crippen molar-refractivity contribution in [2.75, 3.05) is 13.1 Å². The summed E-state index contributed by atoms with van der Waals surface area (Å²) in [6.07, 6.45) is 12.9. The lowest BCUT2D eigenvalue weighted by molar-refractivity contribution is -0.121. The number of rotatable bonds is 34. The molecular formula is C120H128N16O4. The molecule has 2 unspecified atom stereocenters. The Bertz CT molecular complexity index is 7060. The second-order valence-electron chi connectivity index (χ2n) is 37.6. The van der Waals surface area contributed by atoms with E-state index in [1.807, 2.05) is 72.8 Å². The quantitative estimate of drug-likeness (QED) is 0.0229. The number of hydrogen-bond donors (Lipinski definition) is 6. The predicted octanol–water partition coefficient (Wildman–Crippen LogP) is 21.7. The lowest BCUT2D eigenvalue weighted by Crippen LogP contribution is -2.37. The fraction of sp³-hybridized carbons (Fsp3) is 0.250. The number of imidazole rings is 4. The van der Waals surface area contributed by atoms with E-state index in [9.17, 15) is 30.0 Å². The maximum atomic E-state index is 12.9. The molecule has 20 heteroatoms. The molecule has 20 nitrogen and oxygen atoms in total. The van der Waals surface area contributed by atoms with Crippen LogP contribution in [0.2, 0.25) is 0 Å². The van der Waals surface area contributed by atoms with Gasteiger partial charge in [0, 0.05) is 62.8 Å². The highest BCUT2D eigenvalue weighted by Gasteiger charge is 2.27. The summed E-state index contributed by atoms with van der Waals surface area (Å²) in [5.41, 5.74) is 31.0. The van der Waals surface area contributed by atoms with Crippen molar-refractivity contribution >= 4 is 67.5 Å². The average molecular weight is 1860 g/mol. The first kappa shape index (κ1) is 98.8. The number of aromatic nitrogens is 10. The number of nitrogens with zero attached hydrogens (tertiary/aromatic N) is 10. The van der Waals surface area contributed by atoms with Gasteiger partial charge in [-0.1, -0.05) is 293 Å². The number of fused-ring (bicyclic) bond motifs is 4. The maximum Gasteiger partial charge on any atom is 0.224 e. The number of hydrogen-bond acceptors (Lipinski definition) is 10. The van der Waals surface area contributed by atoms with Gasteiger partial charge in [0.15, 0.2) is 0 Å². The van der Waals surface area contributed by atoms with Gasteiger partial charge in [-0.25, -0.2) is 0 Å². The molecule has 0 bridgehead atoms. The summed E-state index contributed by atoms with van der Waals surface area (Å²) in [7, 11) is 0. The van der Waals surface area contributed by atoms with Gasteiger partial charge in [-0.15, -0.1) is 0 Å². The normalized spacial score (nSPS) is 12.1. The maximum absolute atomic E-state index is 12.9. The monoisotopic (exact) mass is 1860 g/mol. The van der Waals surface area contributed by atoms with Crippen molar-refractivity contribution in [3.05, 3.63) is 463 Å². The van der Waals surface area contributed by atoms with E-state index in [4.69, 9.17) is 10.8 Å². The molecule has 712 valence electrons. The summed E-state index contributed by atoms with van der Waals surface area (Å²) < 4.78 is 16.7. The van der Waals surface area contributed by atoms with Gasteiger partial charge < -0.3 is 56.8 Å². The molecular weight excluding hydrogens is 1730 g/mol. The molecule has 0 radical (unpaired) electrons. The summed E-state index contributed by atoms with van der Waals surface area (Å²) in [6, 6.07) is 108. The number of pyridine rings is 2. The molecule has 18 aromatic rings. The van der Waals surface area contributed by atoms with E-state index in [0.29, 0.717) is 93.8 Å². The number of amides is 2. The molecule has 12 aromatic carbocycles. The Kier molecular flexibility index (Phi) is 33.1. The Hall–Kier alpha value is -15.7. The van der Waals surface area contributed by atoms with Crippen LogP contribution in [0, 0.1) is 77.0 Å². The highest BCUT2D eigenvalue weighted by molar-refractivity contribution is 5.82. The largest absolute Gasteiger partial charge is 0.354 e. The number of ketones is 2. The summed E-state index contributed by atoms with van der Waals surface area (Å²) in [6.45, 7) is 23.3. The number of carbonyl (C=O) groups excluding carboxylic acids is 4. The van der Waals surface area contributed by atoms with Crippen LogP contribution in [0.15, 0.2) is 340 Å². The van der Waals surface area contributed by atoms with Crippen LogP contribution in [0.4, 0.5) is 0 Å². The molecule has 0 spiro atoms. The van der Waals surface area contributed by atoms with Crippen LogP contribution in [0.1, 0.15) is 164 Å². The minimum absolute atomic E-state index is 0.0401. The molecule has 6 heterocycles. The lowest BCUT2D eigenvalue weighted by atomic mass is 9.99. The van der Waals surface area contributed by atoms with Crippen molar-refractivity contribution < 1.29 is 19.2 Å². The third-order valence-corrected chi connectivity index (χ3v) is 26.3. The van der Waals surface area contributed by atoms with E-state index in [2.05, 4.69) is 355 Å². The molecule has 0 aliphatic rings. The summed E-state index contributed by atoms with van der Waals surface area (Å²) in [5.74, 6) is 0.284. The van der Waals surface area contributed by atoms with E-state index in [1.54, 1.807) is 38.6 Å². The smallest absolute Gasteiger partial charge is 0.224 e. The highest BCUT2D eigenvalue weighted by atomic mass is 16.2. The Balaban J connectivity index is 0.000000142. The number of benzene rings is 12. The van der Waals surface area contributed by atoms with Crippen LogP contribution in [0.3, 0.4) is 0 Å². The number of Topliss-reactive ketones (excluding diaryl/α,β-unsaturated/α-hetero) is 2. The zero-order valence-electron chi connectivity index (χ0n) is 82.1. The summed E-state index contributed by atoms with van der Waals surface area (Å²) in [5, 5.41) is 43.1. The topological polar surface area (TPSA) is 253 Å². The van der Waals surface area contributed by atoms with E-state index in [1.165, 1.54) is 77.9 Å². The van der Waals surface area contributed by atoms with Crippen molar-refractivity contribution in [3.8, 4) is 0 Å². The zero-order valence-corrected chi connectivity index (χ0v) is 82.1. The molecule has 0 aliphatic carbocycles. The van der Waals surface area contributed by atoms with Gasteiger partial charge in [-0.3, -0.25) is 41.2 Å². The van der Waals surface area contributed by atoms with Crippen LogP contribution < -0.4 is 33.1 Å². The lowest BCUT2D eigenvalue weighted by Gasteiger charge is -2.21. The van der Waals surface area contributed by atoms with Crippen molar-refractivity contribution in [2.24, 2.45) is 0 Å². The summed E-state index contributed by atoms with van der Waals surface area (Å²) >= 11 is 0. The summed E-state index contributed by atoms with van der Waals surface area (Å²) in [4.78, 5) is 57.6. The van der Waals surface area contributed by atoms with Crippen molar-refractivity contribution in [1.82, 2.24) is 57.1 Å². The SMILES string of the molecule is CC(=O)CC[C@@H](Cc1ccc(C)cc1)n1c(=N)n(Cc2ccc(C)cc2)c2ccccc21.CC(=O)CC[C@H](Cc1ccc(C)cc1)n1c(=N)n(Cc2ccc(C)cc2)c2ccccc21.Cc1ccc(CC(CNC(=O)Cc2cccnc2)n2c(=N)n(Cc3ccc(C)cc3)c3ccccc32)cc1.Cc1ccc(CC(CNC(=O)Cc2ccncc2)n2c(=N)n(Cc3ccc(C)cc3)c3ccccc32)cc1. The Labute approximate surface area is 820 Å². The molecule has 6 N–H and O–H groups in total. The third kappa shape index (κ3) is 25.8. The van der Waals surface area contributed by atoms with Gasteiger partial charge >= 0.3 is 0 Å². The Morgan fingerprint density at radius 1 is 0.257 bits per heavy atom. The van der Waals surface area contributed by atoms with Crippen molar-refractivity contribution in [3.63, 3.8) is 0 Å². The van der Waals surface area contributed by atoms with Gasteiger partial charge in [0.05, 0.1) is 95.2 Å². The Morgan fingerprint density at radius 2 is 0.493 bits per heavy atom. The standard InChI is InChI=1S/2C32H33N5O.2C28H31N3O/c1-23-9-13-25(14-10-23)18-28(21-35-31(38)19-27-6-5-17-34-20-27)37-30-8-4-3-7-29(30)36(32(37)33)22-26-15-11-24(2)12-16-26;1-23-7-11-25(12-8-23)19-28(21-35-31(38)20-26-15-17-34-18-16-26)37-30-6-4-3-5-29(30)36(32(37)33)22-27-13-9-24(2)10-14-27;2*1-20-8-13-23(14-9-20)18-25(17-12-22(3)32)31-27-7-5-4-6-26(27)30(28(31)29)19-24-15-10-21(2)11-16-24/h3-17,20,28,33H,18-19,21-22H2,1-2H3,(H,35,38);3-18,28,33H,19-22H2,1-2H3,(H,35,38);2*4-11,13-16,25,29H,12,17-19H2,1-3H3/t;;2*25-/m..10/s1. The number of carbonyl (C=O) groups is 4. The minimum Gasteiger partial charge on any atom is -0.354 e. The van der Waals surface area contributed by atoms with Crippen LogP contribution in [-0.4, -0.2) is 83.0 Å². The first-order chi connectivity index (χ1) is 67.8. The van der Waals surface area contributed by atoms with Crippen LogP contribution in [-0.2, 0) is 83.9 Å². The first-order valence-electron chi connectivity index (χ1n) is 48.5. The van der Waals surface area contributed by atoms with Gasteiger partial charge in [0.1, 0.15) is 11.6 Å². The van der Waals surface area contributed by atoms with Gasteiger partial charge in [-0.05, 0) is 230 Å². The van der Waals surface area contributed by atoms with Crippen molar-refractivity contribution in [1.29, 1.82) is 21.6 Å². The van der Waals surface area contributed by atoms with Crippen LogP contribution >= 0.6 is 0 Å². The van der Waals surface area contributed by atoms with Crippen LogP contribution in [0.5, 0.6) is 0 Å². The second-order valence-corrected chi connectivity index (χ2v) is 37.6.